The molecule has 0 radical (unpaired) electrons. The van der Waals surface area contributed by atoms with Crippen molar-refractivity contribution >= 4 is 0 Å². The molecular weight excluding hydrogens is 220 g/mol. The molecule has 88 valence electrons. The fourth-order valence-electron chi connectivity index (χ4n) is 2.01. The second-order valence-electron chi connectivity index (χ2n) is 4.27. The summed E-state index contributed by atoms with van der Waals surface area (Å²) < 4.78 is 1.93. The summed E-state index contributed by atoms with van der Waals surface area (Å²) in [5, 5.41) is 4.21. The molecule has 2 nitrogen and oxygen atoms in total. The number of hydrogen-bond donors (Lipinski definition) is 0. The van der Waals surface area contributed by atoms with Crippen molar-refractivity contribution in [1.29, 1.82) is 0 Å². The maximum absolute atomic E-state index is 4.21. The largest absolute Gasteiger partial charge is 0.268 e. The van der Waals surface area contributed by atoms with Gasteiger partial charge in [-0.05, 0) is 22.8 Å². The Morgan fingerprint density at radius 2 is 1.50 bits per heavy atom. The number of rotatable bonds is 3. The lowest BCUT2D eigenvalue weighted by Gasteiger charge is -2.05. The number of aromatic nitrogens is 2. The Kier molecular flexibility index (Phi) is 2.92. The fourth-order valence-corrected chi connectivity index (χ4v) is 2.01. The first-order valence-electron chi connectivity index (χ1n) is 6.03. The van der Waals surface area contributed by atoms with Crippen molar-refractivity contribution in [2.75, 3.05) is 0 Å². The first-order chi connectivity index (χ1) is 8.92. The zero-order valence-corrected chi connectivity index (χ0v) is 10.0. The van der Waals surface area contributed by atoms with Gasteiger partial charge in [0.05, 0.1) is 6.54 Å². The minimum absolute atomic E-state index is 0.821. The Morgan fingerprint density at radius 1 is 0.778 bits per heavy atom. The van der Waals surface area contributed by atoms with E-state index in [-0.39, 0.29) is 0 Å². The van der Waals surface area contributed by atoms with E-state index in [9.17, 15) is 0 Å². The van der Waals surface area contributed by atoms with E-state index < -0.39 is 0 Å². The molecular formula is C16H14N2. The third-order valence-electron chi connectivity index (χ3n) is 2.96. The minimum atomic E-state index is 0.821. The molecule has 2 heteroatoms. The molecule has 0 fully saturated rings. The van der Waals surface area contributed by atoms with Gasteiger partial charge in [0.2, 0.25) is 0 Å². The Labute approximate surface area is 107 Å². The van der Waals surface area contributed by atoms with Gasteiger partial charge in [0.15, 0.2) is 0 Å². The average molecular weight is 234 g/mol. The van der Waals surface area contributed by atoms with Crippen LogP contribution in [-0.4, -0.2) is 9.78 Å². The topological polar surface area (TPSA) is 17.8 Å². The van der Waals surface area contributed by atoms with Crippen LogP contribution in [-0.2, 0) is 6.54 Å². The SMILES string of the molecule is c1ccc(-c2ccc(Cn3cccn3)cc2)cc1. The molecule has 0 unspecified atom stereocenters. The van der Waals surface area contributed by atoms with Crippen molar-refractivity contribution in [3.8, 4) is 11.1 Å². The number of nitrogens with zero attached hydrogens (tertiary/aromatic N) is 2. The molecule has 0 saturated carbocycles. The predicted octanol–water partition coefficient (Wildman–Crippen LogP) is 3.60. The lowest BCUT2D eigenvalue weighted by atomic mass is 10.0. The molecule has 0 bridgehead atoms. The van der Waals surface area contributed by atoms with Crippen molar-refractivity contribution < 1.29 is 0 Å². The van der Waals surface area contributed by atoms with Crippen LogP contribution in [0.3, 0.4) is 0 Å². The van der Waals surface area contributed by atoms with Gasteiger partial charge < -0.3 is 0 Å². The van der Waals surface area contributed by atoms with E-state index in [0.29, 0.717) is 0 Å². The highest BCUT2D eigenvalue weighted by Crippen LogP contribution is 2.19. The van der Waals surface area contributed by atoms with Crippen LogP contribution in [0.1, 0.15) is 5.56 Å². The molecule has 0 aliphatic carbocycles. The summed E-state index contributed by atoms with van der Waals surface area (Å²) in [6.45, 7) is 0.821. The van der Waals surface area contributed by atoms with Crippen LogP contribution in [0.25, 0.3) is 11.1 Å². The molecule has 2 aromatic carbocycles. The molecule has 1 heterocycles. The predicted molar refractivity (Wildman–Crippen MR) is 73.2 cm³/mol. The van der Waals surface area contributed by atoms with Gasteiger partial charge in [-0.15, -0.1) is 0 Å². The fraction of sp³-hybridized carbons (Fsp3) is 0.0625. The number of hydrogen-bond acceptors (Lipinski definition) is 1. The molecule has 3 rings (SSSR count). The Bertz CT molecular complexity index is 595. The standard InChI is InChI=1S/C16H14N2/c1-2-5-15(6-3-1)16-9-7-14(8-10-16)13-18-12-4-11-17-18/h1-12H,13H2. The normalized spacial score (nSPS) is 10.4. The quantitative estimate of drug-likeness (QED) is 0.677. The third-order valence-corrected chi connectivity index (χ3v) is 2.96. The van der Waals surface area contributed by atoms with Crippen LogP contribution in [0.4, 0.5) is 0 Å². The molecule has 1 aromatic heterocycles. The van der Waals surface area contributed by atoms with E-state index in [0.717, 1.165) is 6.54 Å². The highest BCUT2D eigenvalue weighted by atomic mass is 15.3. The monoisotopic (exact) mass is 234 g/mol. The molecule has 0 aliphatic rings. The van der Waals surface area contributed by atoms with Crippen LogP contribution in [0.15, 0.2) is 73.1 Å². The Morgan fingerprint density at radius 3 is 2.17 bits per heavy atom. The minimum Gasteiger partial charge on any atom is -0.268 e. The Hall–Kier alpha value is -2.35. The molecule has 0 saturated heterocycles. The smallest absolute Gasteiger partial charge is 0.0659 e. The van der Waals surface area contributed by atoms with Crippen molar-refractivity contribution in [2.45, 2.75) is 6.54 Å². The summed E-state index contributed by atoms with van der Waals surface area (Å²) in [4.78, 5) is 0. The summed E-state index contributed by atoms with van der Waals surface area (Å²) >= 11 is 0. The number of benzene rings is 2. The van der Waals surface area contributed by atoms with E-state index in [1.54, 1.807) is 6.20 Å². The van der Waals surface area contributed by atoms with Crippen molar-refractivity contribution in [1.82, 2.24) is 9.78 Å². The molecule has 3 aromatic rings. The van der Waals surface area contributed by atoms with Crippen molar-refractivity contribution in [3.63, 3.8) is 0 Å². The first-order valence-corrected chi connectivity index (χ1v) is 6.03. The second kappa shape index (κ2) is 4.88. The highest BCUT2D eigenvalue weighted by Gasteiger charge is 1.98. The van der Waals surface area contributed by atoms with E-state index in [1.807, 2.05) is 23.0 Å². The summed E-state index contributed by atoms with van der Waals surface area (Å²) in [6.07, 6.45) is 3.78. The first kappa shape index (κ1) is 10.8. The van der Waals surface area contributed by atoms with Gasteiger partial charge in [0.25, 0.3) is 0 Å². The zero-order valence-electron chi connectivity index (χ0n) is 10.0. The van der Waals surface area contributed by atoms with Gasteiger partial charge in [0.1, 0.15) is 0 Å². The molecule has 0 aliphatic heterocycles. The summed E-state index contributed by atoms with van der Waals surface area (Å²) in [6, 6.07) is 21.0. The molecule has 0 amide bonds. The summed E-state index contributed by atoms with van der Waals surface area (Å²) in [5.74, 6) is 0. The molecule has 18 heavy (non-hydrogen) atoms. The molecule has 0 atom stereocenters. The highest BCUT2D eigenvalue weighted by molar-refractivity contribution is 5.63. The van der Waals surface area contributed by atoms with E-state index in [1.165, 1.54) is 16.7 Å². The van der Waals surface area contributed by atoms with E-state index in [4.69, 9.17) is 0 Å². The summed E-state index contributed by atoms with van der Waals surface area (Å²) in [7, 11) is 0. The zero-order chi connectivity index (χ0) is 12.2. The van der Waals surface area contributed by atoms with Crippen molar-refractivity contribution in [2.24, 2.45) is 0 Å². The maximum atomic E-state index is 4.21. The second-order valence-corrected chi connectivity index (χ2v) is 4.27. The van der Waals surface area contributed by atoms with Crippen LogP contribution >= 0.6 is 0 Å². The van der Waals surface area contributed by atoms with Gasteiger partial charge in [-0.25, -0.2) is 0 Å². The van der Waals surface area contributed by atoms with Gasteiger partial charge in [-0.2, -0.15) is 5.10 Å². The van der Waals surface area contributed by atoms with Crippen LogP contribution < -0.4 is 0 Å². The molecule has 0 spiro atoms. The van der Waals surface area contributed by atoms with Crippen molar-refractivity contribution in [3.05, 3.63) is 78.6 Å². The molecule has 0 N–H and O–H groups in total. The maximum Gasteiger partial charge on any atom is 0.0659 e. The van der Waals surface area contributed by atoms with E-state index >= 15 is 0 Å². The lowest BCUT2D eigenvalue weighted by Crippen LogP contribution is -1.99. The van der Waals surface area contributed by atoms with Gasteiger partial charge >= 0.3 is 0 Å². The van der Waals surface area contributed by atoms with Gasteiger partial charge in [-0.3, -0.25) is 4.68 Å². The average Bonchev–Trinajstić information content (AvgIpc) is 2.94. The van der Waals surface area contributed by atoms with Gasteiger partial charge in [-0.1, -0.05) is 54.6 Å². The Balaban J connectivity index is 1.81. The van der Waals surface area contributed by atoms with Crippen LogP contribution in [0.5, 0.6) is 0 Å². The third kappa shape index (κ3) is 2.33. The van der Waals surface area contributed by atoms with E-state index in [2.05, 4.69) is 53.6 Å². The lowest BCUT2D eigenvalue weighted by molar-refractivity contribution is 0.687. The van der Waals surface area contributed by atoms with Crippen LogP contribution in [0, 0.1) is 0 Å². The van der Waals surface area contributed by atoms with Crippen LogP contribution in [0.2, 0.25) is 0 Å². The summed E-state index contributed by atoms with van der Waals surface area (Å²) in [5.41, 5.74) is 3.77. The van der Waals surface area contributed by atoms with Gasteiger partial charge in [0, 0.05) is 12.4 Å².